The molecule has 0 aromatic rings. The van der Waals surface area contributed by atoms with E-state index in [1.165, 1.54) is 25.9 Å². The third-order valence-corrected chi connectivity index (χ3v) is 2.95. The molecule has 0 aromatic heterocycles. The molecular formula is C11H22N2O2. The number of carboxylic acids is 1. The van der Waals surface area contributed by atoms with Crippen molar-refractivity contribution in [3.63, 3.8) is 0 Å². The summed E-state index contributed by atoms with van der Waals surface area (Å²) in [5.41, 5.74) is 0. The van der Waals surface area contributed by atoms with E-state index in [9.17, 15) is 4.79 Å². The first kappa shape index (κ1) is 12.5. The van der Waals surface area contributed by atoms with Gasteiger partial charge in [-0.1, -0.05) is 6.92 Å². The van der Waals surface area contributed by atoms with Gasteiger partial charge in [-0.3, -0.25) is 4.79 Å². The highest BCUT2D eigenvalue weighted by Gasteiger charge is 2.14. The summed E-state index contributed by atoms with van der Waals surface area (Å²) in [4.78, 5) is 13.2. The predicted molar refractivity (Wildman–Crippen MR) is 60.0 cm³/mol. The molecule has 4 heteroatoms. The molecule has 1 aliphatic rings. The van der Waals surface area contributed by atoms with Gasteiger partial charge < -0.3 is 15.3 Å². The highest BCUT2D eigenvalue weighted by molar-refractivity contribution is 5.73. The van der Waals surface area contributed by atoms with Gasteiger partial charge in [-0.25, -0.2) is 0 Å². The third kappa shape index (κ3) is 4.62. The molecule has 0 amide bonds. The summed E-state index contributed by atoms with van der Waals surface area (Å²) in [6.45, 7) is 6.24. The van der Waals surface area contributed by atoms with Crippen LogP contribution in [-0.4, -0.2) is 48.2 Å². The number of rotatable bonds is 7. The zero-order valence-electron chi connectivity index (χ0n) is 9.54. The van der Waals surface area contributed by atoms with Crippen molar-refractivity contribution in [3.8, 4) is 0 Å². The van der Waals surface area contributed by atoms with Crippen LogP contribution in [0.2, 0.25) is 0 Å². The molecule has 1 unspecified atom stereocenters. The summed E-state index contributed by atoms with van der Waals surface area (Å²) in [5.74, 6) is -0.737. The third-order valence-electron chi connectivity index (χ3n) is 2.95. The maximum Gasteiger partial charge on any atom is 0.320 e. The van der Waals surface area contributed by atoms with Crippen molar-refractivity contribution in [2.24, 2.45) is 0 Å². The Balaban J connectivity index is 2.02. The van der Waals surface area contributed by atoms with Gasteiger partial charge in [0.1, 0.15) is 6.04 Å². The van der Waals surface area contributed by atoms with E-state index in [0.29, 0.717) is 6.42 Å². The Labute approximate surface area is 91.6 Å². The molecule has 1 rings (SSSR count). The number of nitrogens with zero attached hydrogens (tertiary/aromatic N) is 1. The van der Waals surface area contributed by atoms with Crippen LogP contribution in [0.3, 0.4) is 0 Å². The predicted octanol–water partition coefficient (Wildman–Crippen LogP) is 0.925. The number of hydrogen-bond donors (Lipinski definition) is 2. The molecule has 0 bridgehead atoms. The van der Waals surface area contributed by atoms with E-state index < -0.39 is 5.97 Å². The van der Waals surface area contributed by atoms with Crippen LogP contribution in [0, 0.1) is 0 Å². The van der Waals surface area contributed by atoms with E-state index in [1.807, 2.05) is 6.92 Å². The second kappa shape index (κ2) is 6.80. The zero-order chi connectivity index (χ0) is 11.1. The quantitative estimate of drug-likeness (QED) is 0.619. The second-order valence-electron chi connectivity index (χ2n) is 4.16. The lowest BCUT2D eigenvalue weighted by Gasteiger charge is -2.16. The first-order chi connectivity index (χ1) is 7.24. The van der Waals surface area contributed by atoms with Gasteiger partial charge in [0, 0.05) is 0 Å². The lowest BCUT2D eigenvalue weighted by Crippen LogP contribution is -2.37. The van der Waals surface area contributed by atoms with Crippen LogP contribution in [0.15, 0.2) is 0 Å². The van der Waals surface area contributed by atoms with E-state index in [2.05, 4.69) is 10.2 Å². The molecule has 1 fully saturated rings. The Bertz CT molecular complexity index is 191. The highest BCUT2D eigenvalue weighted by atomic mass is 16.4. The summed E-state index contributed by atoms with van der Waals surface area (Å²) in [5, 5.41) is 11.9. The van der Waals surface area contributed by atoms with Crippen LogP contribution in [0.25, 0.3) is 0 Å². The Morgan fingerprint density at radius 1 is 1.47 bits per heavy atom. The largest absolute Gasteiger partial charge is 0.480 e. The van der Waals surface area contributed by atoms with E-state index in [4.69, 9.17) is 5.11 Å². The molecule has 15 heavy (non-hydrogen) atoms. The highest BCUT2D eigenvalue weighted by Crippen LogP contribution is 2.06. The first-order valence-electron chi connectivity index (χ1n) is 5.92. The van der Waals surface area contributed by atoms with Gasteiger partial charge in [0.25, 0.3) is 0 Å². The topological polar surface area (TPSA) is 52.6 Å². The number of hydrogen-bond acceptors (Lipinski definition) is 3. The van der Waals surface area contributed by atoms with Crippen LogP contribution in [0.4, 0.5) is 0 Å². The van der Waals surface area contributed by atoms with Crippen molar-refractivity contribution in [1.29, 1.82) is 0 Å². The molecule has 0 saturated carbocycles. The zero-order valence-corrected chi connectivity index (χ0v) is 9.54. The van der Waals surface area contributed by atoms with Crippen molar-refractivity contribution in [3.05, 3.63) is 0 Å². The summed E-state index contributed by atoms with van der Waals surface area (Å²) in [6.07, 6.45) is 4.34. The Hall–Kier alpha value is -0.610. The second-order valence-corrected chi connectivity index (χ2v) is 4.16. The first-order valence-corrected chi connectivity index (χ1v) is 5.92. The fourth-order valence-electron chi connectivity index (χ4n) is 1.99. The van der Waals surface area contributed by atoms with Crippen molar-refractivity contribution >= 4 is 5.97 Å². The standard InChI is InChI=1S/C11H22N2O2/c1-2-10(11(14)15)12-6-5-9-13-7-3-4-8-13/h10,12H,2-9H2,1H3,(H,14,15). The van der Waals surface area contributed by atoms with Crippen LogP contribution in [0.5, 0.6) is 0 Å². The van der Waals surface area contributed by atoms with Crippen LogP contribution < -0.4 is 5.32 Å². The van der Waals surface area contributed by atoms with Crippen LogP contribution in [0.1, 0.15) is 32.6 Å². The molecule has 0 spiro atoms. The number of carbonyl (C=O) groups is 1. The van der Waals surface area contributed by atoms with Gasteiger partial charge in [-0.15, -0.1) is 0 Å². The maximum absolute atomic E-state index is 10.7. The minimum Gasteiger partial charge on any atom is -0.480 e. The van der Waals surface area contributed by atoms with Gasteiger partial charge in [0.15, 0.2) is 0 Å². The van der Waals surface area contributed by atoms with Gasteiger partial charge in [0.2, 0.25) is 0 Å². The number of nitrogens with one attached hydrogen (secondary N) is 1. The van der Waals surface area contributed by atoms with Gasteiger partial charge >= 0.3 is 5.97 Å². The lowest BCUT2D eigenvalue weighted by molar-refractivity contribution is -0.139. The van der Waals surface area contributed by atoms with Crippen molar-refractivity contribution in [1.82, 2.24) is 10.2 Å². The van der Waals surface area contributed by atoms with E-state index in [0.717, 1.165) is 19.5 Å². The number of carboxylic acid groups (broad SMARTS) is 1. The fourth-order valence-corrected chi connectivity index (χ4v) is 1.99. The van der Waals surface area contributed by atoms with Gasteiger partial charge in [0.05, 0.1) is 0 Å². The minimum absolute atomic E-state index is 0.372. The smallest absolute Gasteiger partial charge is 0.320 e. The monoisotopic (exact) mass is 214 g/mol. The number of likely N-dealkylation sites (tertiary alicyclic amines) is 1. The minimum atomic E-state index is -0.737. The summed E-state index contributed by atoms with van der Waals surface area (Å²) in [7, 11) is 0. The molecule has 0 aromatic carbocycles. The average Bonchev–Trinajstić information content (AvgIpc) is 2.70. The molecule has 2 N–H and O–H groups in total. The molecule has 1 aliphatic heterocycles. The average molecular weight is 214 g/mol. The Kier molecular flexibility index (Phi) is 5.65. The van der Waals surface area contributed by atoms with Crippen molar-refractivity contribution in [2.75, 3.05) is 26.2 Å². The maximum atomic E-state index is 10.7. The van der Waals surface area contributed by atoms with Gasteiger partial charge in [-0.2, -0.15) is 0 Å². The molecule has 0 aliphatic carbocycles. The normalized spacial score (nSPS) is 19.3. The van der Waals surface area contributed by atoms with Gasteiger partial charge in [-0.05, 0) is 51.9 Å². The molecule has 88 valence electrons. The molecule has 0 radical (unpaired) electrons. The summed E-state index contributed by atoms with van der Waals surface area (Å²) in [6, 6.07) is -0.372. The molecule has 1 atom stereocenters. The SMILES string of the molecule is CCC(NCCCN1CCCC1)C(=O)O. The van der Waals surface area contributed by atoms with E-state index in [1.54, 1.807) is 0 Å². The van der Waals surface area contributed by atoms with E-state index in [-0.39, 0.29) is 6.04 Å². The Morgan fingerprint density at radius 2 is 2.13 bits per heavy atom. The molecule has 1 heterocycles. The lowest BCUT2D eigenvalue weighted by atomic mass is 10.2. The molecule has 1 saturated heterocycles. The Morgan fingerprint density at radius 3 is 2.67 bits per heavy atom. The number of aliphatic carboxylic acids is 1. The fraction of sp³-hybridized carbons (Fsp3) is 0.909. The molecule has 4 nitrogen and oxygen atoms in total. The van der Waals surface area contributed by atoms with E-state index >= 15 is 0 Å². The van der Waals surface area contributed by atoms with Crippen LogP contribution >= 0.6 is 0 Å². The van der Waals surface area contributed by atoms with Crippen LogP contribution in [-0.2, 0) is 4.79 Å². The van der Waals surface area contributed by atoms with Crippen molar-refractivity contribution in [2.45, 2.75) is 38.6 Å². The molecular weight excluding hydrogens is 192 g/mol. The summed E-state index contributed by atoms with van der Waals surface area (Å²) < 4.78 is 0. The van der Waals surface area contributed by atoms with Crippen molar-refractivity contribution < 1.29 is 9.90 Å². The summed E-state index contributed by atoms with van der Waals surface area (Å²) >= 11 is 0.